The smallest absolute Gasteiger partial charge is 0.337 e. The van der Waals surface area contributed by atoms with Crippen molar-refractivity contribution in [1.29, 1.82) is 0 Å². The van der Waals surface area contributed by atoms with E-state index < -0.39 is 11.9 Å². The molecule has 0 aliphatic carbocycles. The molecule has 0 unspecified atom stereocenters. The lowest BCUT2D eigenvalue weighted by molar-refractivity contribution is 0.0696. The van der Waals surface area contributed by atoms with Gasteiger partial charge in [-0.05, 0) is 49.4 Å². The first-order chi connectivity index (χ1) is 16.0. The number of nitrogens with one attached hydrogen (secondary N) is 1. The average molecular weight is 440 g/mol. The Hall–Kier alpha value is -4.65. The number of aromatic nitrogens is 1. The van der Waals surface area contributed by atoms with Crippen molar-refractivity contribution in [2.45, 2.75) is 6.92 Å². The van der Waals surface area contributed by atoms with Crippen LogP contribution in [0, 0.1) is 6.92 Å². The van der Waals surface area contributed by atoms with E-state index in [0.29, 0.717) is 34.1 Å². The van der Waals surface area contributed by atoms with Crippen molar-refractivity contribution in [2.24, 2.45) is 0 Å². The molecule has 0 fully saturated rings. The largest absolute Gasteiger partial charge is 0.478 e. The number of benzene rings is 3. The Morgan fingerprint density at radius 1 is 0.818 bits per heavy atom. The number of ether oxygens (including phenoxy) is 2. The Morgan fingerprint density at radius 2 is 1.45 bits per heavy atom. The summed E-state index contributed by atoms with van der Waals surface area (Å²) in [5.74, 6) is 0.832. The minimum Gasteiger partial charge on any atom is -0.478 e. The lowest BCUT2D eigenvalue weighted by Crippen LogP contribution is -2.15. The van der Waals surface area contributed by atoms with E-state index in [1.54, 1.807) is 19.1 Å². The fourth-order valence-corrected chi connectivity index (χ4v) is 3.08. The van der Waals surface area contributed by atoms with Crippen LogP contribution in [-0.2, 0) is 0 Å². The third-order valence-corrected chi connectivity index (χ3v) is 4.78. The number of rotatable bonds is 7. The van der Waals surface area contributed by atoms with Gasteiger partial charge in [-0.15, -0.1) is 0 Å². The molecule has 4 rings (SSSR count). The van der Waals surface area contributed by atoms with Gasteiger partial charge in [0.05, 0.1) is 11.1 Å². The number of pyridine rings is 1. The summed E-state index contributed by atoms with van der Waals surface area (Å²) in [4.78, 5) is 28.1. The van der Waals surface area contributed by atoms with Crippen molar-refractivity contribution in [3.8, 4) is 23.0 Å². The van der Waals surface area contributed by atoms with Gasteiger partial charge in [-0.25, -0.2) is 9.78 Å². The molecule has 3 aromatic carbocycles. The Balaban J connectivity index is 1.67. The van der Waals surface area contributed by atoms with E-state index >= 15 is 0 Å². The number of carboxylic acids is 1. The van der Waals surface area contributed by atoms with E-state index in [9.17, 15) is 9.59 Å². The standard InChI is InChI=1S/C26H20N2O5/c1-17-22(25(29)28-24-13-12-18(16-27-24)26(30)31)14-21(32-19-8-4-2-5-9-19)15-23(17)33-20-10-6-3-7-11-20/h2-16H,1H3,(H,30,31)(H,27,28,29). The monoisotopic (exact) mass is 440 g/mol. The van der Waals surface area contributed by atoms with Gasteiger partial charge in [0, 0.05) is 17.8 Å². The number of hydrogen-bond acceptors (Lipinski definition) is 5. The minimum atomic E-state index is -1.09. The van der Waals surface area contributed by atoms with Crippen molar-refractivity contribution >= 4 is 17.7 Å². The number of para-hydroxylation sites is 2. The Bertz CT molecular complexity index is 1270. The van der Waals surface area contributed by atoms with E-state index in [1.807, 2.05) is 60.7 Å². The molecule has 33 heavy (non-hydrogen) atoms. The molecular weight excluding hydrogens is 420 g/mol. The molecule has 0 aliphatic heterocycles. The summed E-state index contributed by atoms with van der Waals surface area (Å²) < 4.78 is 12.0. The summed E-state index contributed by atoms with van der Waals surface area (Å²) in [5.41, 5.74) is 0.971. The molecule has 164 valence electrons. The van der Waals surface area contributed by atoms with E-state index in [1.165, 1.54) is 18.3 Å². The first kappa shape index (κ1) is 21.6. The average Bonchev–Trinajstić information content (AvgIpc) is 2.82. The van der Waals surface area contributed by atoms with Gasteiger partial charge in [-0.2, -0.15) is 0 Å². The first-order valence-electron chi connectivity index (χ1n) is 10.1. The molecule has 0 atom stereocenters. The highest BCUT2D eigenvalue weighted by Gasteiger charge is 2.18. The van der Waals surface area contributed by atoms with Gasteiger partial charge in [0.2, 0.25) is 0 Å². The van der Waals surface area contributed by atoms with Crippen LogP contribution in [0.4, 0.5) is 5.82 Å². The van der Waals surface area contributed by atoms with Gasteiger partial charge in [0.25, 0.3) is 5.91 Å². The molecule has 4 aromatic rings. The van der Waals surface area contributed by atoms with Crippen LogP contribution in [0.25, 0.3) is 0 Å². The number of carboxylic acid groups (broad SMARTS) is 1. The molecule has 1 aromatic heterocycles. The maximum atomic E-state index is 13.1. The predicted octanol–water partition coefficient (Wildman–Crippen LogP) is 5.93. The van der Waals surface area contributed by atoms with E-state index in [-0.39, 0.29) is 11.4 Å². The number of anilines is 1. The Morgan fingerprint density at radius 3 is 2.03 bits per heavy atom. The lowest BCUT2D eigenvalue weighted by atomic mass is 10.1. The lowest BCUT2D eigenvalue weighted by Gasteiger charge is -2.16. The van der Waals surface area contributed by atoms with Gasteiger partial charge in [0.1, 0.15) is 28.8 Å². The molecule has 2 N–H and O–H groups in total. The fraction of sp³-hybridized carbons (Fsp3) is 0.0385. The second-order valence-electron chi connectivity index (χ2n) is 7.12. The van der Waals surface area contributed by atoms with Crippen LogP contribution in [0.1, 0.15) is 26.3 Å². The van der Waals surface area contributed by atoms with Gasteiger partial charge < -0.3 is 19.9 Å². The molecule has 1 amide bonds. The zero-order valence-corrected chi connectivity index (χ0v) is 17.7. The second-order valence-corrected chi connectivity index (χ2v) is 7.12. The normalized spacial score (nSPS) is 10.3. The molecule has 1 heterocycles. The van der Waals surface area contributed by atoms with Crippen molar-refractivity contribution in [3.63, 3.8) is 0 Å². The number of aromatic carboxylic acids is 1. The summed E-state index contributed by atoms with van der Waals surface area (Å²) in [7, 11) is 0. The van der Waals surface area contributed by atoms with Gasteiger partial charge in [-0.3, -0.25) is 4.79 Å². The predicted molar refractivity (Wildman–Crippen MR) is 123 cm³/mol. The van der Waals surface area contributed by atoms with Crippen LogP contribution in [0.3, 0.4) is 0 Å². The second kappa shape index (κ2) is 9.65. The maximum absolute atomic E-state index is 13.1. The summed E-state index contributed by atoms with van der Waals surface area (Å²) in [6, 6.07) is 24.6. The van der Waals surface area contributed by atoms with Crippen LogP contribution in [-0.4, -0.2) is 22.0 Å². The molecular formula is C26H20N2O5. The number of nitrogens with zero attached hydrogens (tertiary/aromatic N) is 1. The highest BCUT2D eigenvalue weighted by Crippen LogP contribution is 2.34. The highest BCUT2D eigenvalue weighted by atomic mass is 16.5. The quantitative estimate of drug-likeness (QED) is 0.370. The third-order valence-electron chi connectivity index (χ3n) is 4.78. The van der Waals surface area contributed by atoms with E-state index in [0.717, 1.165) is 0 Å². The SMILES string of the molecule is Cc1c(Oc2ccccc2)cc(Oc2ccccc2)cc1C(=O)Nc1ccc(C(=O)O)cn1. The van der Waals surface area contributed by atoms with Crippen LogP contribution < -0.4 is 14.8 Å². The molecule has 0 spiro atoms. The van der Waals surface area contributed by atoms with Gasteiger partial charge in [-0.1, -0.05) is 36.4 Å². The number of hydrogen-bond donors (Lipinski definition) is 2. The van der Waals surface area contributed by atoms with Crippen molar-refractivity contribution in [3.05, 3.63) is 108 Å². The zero-order chi connectivity index (χ0) is 23.2. The van der Waals surface area contributed by atoms with Gasteiger partial charge in [0.15, 0.2) is 0 Å². The molecule has 7 nitrogen and oxygen atoms in total. The summed E-state index contributed by atoms with van der Waals surface area (Å²) in [5, 5.41) is 11.7. The zero-order valence-electron chi connectivity index (χ0n) is 17.7. The van der Waals surface area contributed by atoms with Crippen molar-refractivity contribution < 1.29 is 24.2 Å². The van der Waals surface area contributed by atoms with Crippen LogP contribution >= 0.6 is 0 Å². The minimum absolute atomic E-state index is 0.0287. The topological polar surface area (TPSA) is 97.8 Å². The van der Waals surface area contributed by atoms with Crippen LogP contribution in [0.2, 0.25) is 0 Å². The summed E-state index contributed by atoms with van der Waals surface area (Å²) in [6.07, 6.45) is 1.18. The molecule has 0 saturated carbocycles. The summed E-state index contributed by atoms with van der Waals surface area (Å²) >= 11 is 0. The van der Waals surface area contributed by atoms with Crippen molar-refractivity contribution in [2.75, 3.05) is 5.32 Å². The summed E-state index contributed by atoms with van der Waals surface area (Å²) in [6.45, 7) is 1.78. The highest BCUT2D eigenvalue weighted by molar-refractivity contribution is 6.05. The Labute approximate surface area is 190 Å². The fourth-order valence-electron chi connectivity index (χ4n) is 3.08. The number of carbonyl (C=O) groups is 2. The number of amides is 1. The molecule has 7 heteroatoms. The van der Waals surface area contributed by atoms with E-state index in [2.05, 4.69) is 10.3 Å². The van der Waals surface area contributed by atoms with Crippen molar-refractivity contribution in [1.82, 2.24) is 4.98 Å². The molecule has 0 radical (unpaired) electrons. The molecule has 0 saturated heterocycles. The first-order valence-corrected chi connectivity index (χ1v) is 10.1. The third kappa shape index (κ3) is 5.34. The number of carbonyl (C=O) groups excluding carboxylic acids is 1. The Kier molecular flexibility index (Phi) is 6.31. The van der Waals surface area contributed by atoms with Crippen LogP contribution in [0.5, 0.6) is 23.0 Å². The molecule has 0 aliphatic rings. The van der Waals surface area contributed by atoms with Gasteiger partial charge >= 0.3 is 5.97 Å². The molecule has 0 bridgehead atoms. The maximum Gasteiger partial charge on any atom is 0.337 e. The van der Waals surface area contributed by atoms with Crippen LogP contribution in [0.15, 0.2) is 91.1 Å². The van der Waals surface area contributed by atoms with E-state index in [4.69, 9.17) is 14.6 Å².